The zero-order valence-corrected chi connectivity index (χ0v) is 16.4. The van der Waals surface area contributed by atoms with E-state index < -0.39 is 17.7 Å². The average Bonchev–Trinajstić information content (AvgIpc) is 3.33. The van der Waals surface area contributed by atoms with Gasteiger partial charge in [-0.25, -0.2) is 13.6 Å². The molecule has 0 saturated carbocycles. The van der Waals surface area contributed by atoms with Gasteiger partial charge in [0, 0.05) is 18.3 Å². The summed E-state index contributed by atoms with van der Waals surface area (Å²) >= 11 is 0. The number of likely N-dealkylation sites (tertiary alicyclic amines) is 1. The molecular weight excluding hydrogens is 390 g/mol. The number of urea groups is 1. The van der Waals surface area contributed by atoms with Crippen molar-refractivity contribution < 1.29 is 18.4 Å². The zero-order valence-electron chi connectivity index (χ0n) is 16.4. The zero-order chi connectivity index (χ0) is 21.0. The van der Waals surface area contributed by atoms with E-state index in [-0.39, 0.29) is 42.2 Å². The molecule has 1 fully saturated rings. The molecule has 3 heterocycles. The number of fused-ring (bicyclic) bond motifs is 3. The molecular formula is C22H20F2N4O2. The third-order valence-corrected chi connectivity index (χ3v) is 6.11. The Hall–Kier alpha value is -3.29. The van der Waals surface area contributed by atoms with Crippen molar-refractivity contribution in [1.29, 1.82) is 0 Å². The van der Waals surface area contributed by atoms with Crippen molar-refractivity contribution in [1.82, 2.24) is 14.8 Å². The SMILES string of the molecule is Cc1cccnc1C1=C[C@@H]2C[C@H]1N(C(=O)CN1Cc3c(ccc(F)c3F)NC1=O)C2. The fraction of sp³-hybridized carbons (Fsp3) is 0.318. The first-order valence-electron chi connectivity index (χ1n) is 9.88. The number of pyridine rings is 1. The molecule has 3 aliphatic rings. The van der Waals surface area contributed by atoms with Crippen LogP contribution in [0.1, 0.15) is 23.2 Å². The number of carbonyl (C=O) groups is 2. The number of hydrogen-bond donors (Lipinski definition) is 1. The Morgan fingerprint density at radius 3 is 2.90 bits per heavy atom. The maximum atomic E-state index is 14.2. The summed E-state index contributed by atoms with van der Waals surface area (Å²) < 4.78 is 27.7. The van der Waals surface area contributed by atoms with Gasteiger partial charge in [-0.2, -0.15) is 0 Å². The van der Waals surface area contributed by atoms with Gasteiger partial charge in [-0.3, -0.25) is 9.78 Å². The lowest BCUT2D eigenvalue weighted by Gasteiger charge is -2.33. The molecule has 2 bridgehead atoms. The normalized spacial score (nSPS) is 22.1. The summed E-state index contributed by atoms with van der Waals surface area (Å²) in [7, 11) is 0. The van der Waals surface area contributed by atoms with Gasteiger partial charge in [0.1, 0.15) is 6.54 Å². The summed E-state index contributed by atoms with van der Waals surface area (Å²) in [6.07, 6.45) is 4.77. The topological polar surface area (TPSA) is 65.5 Å². The van der Waals surface area contributed by atoms with Crippen molar-refractivity contribution in [2.24, 2.45) is 5.92 Å². The van der Waals surface area contributed by atoms with Gasteiger partial charge in [0.15, 0.2) is 11.6 Å². The smallest absolute Gasteiger partial charge is 0.322 e. The summed E-state index contributed by atoms with van der Waals surface area (Å²) in [6.45, 7) is 2.23. The minimum atomic E-state index is -0.999. The largest absolute Gasteiger partial charge is 0.333 e. The number of nitrogens with one attached hydrogen (secondary N) is 1. The van der Waals surface area contributed by atoms with Crippen molar-refractivity contribution in [2.75, 3.05) is 18.4 Å². The molecule has 1 aromatic carbocycles. The first-order chi connectivity index (χ1) is 14.4. The molecule has 2 aliphatic heterocycles. The molecule has 3 amide bonds. The number of aromatic nitrogens is 1. The molecule has 30 heavy (non-hydrogen) atoms. The van der Waals surface area contributed by atoms with E-state index >= 15 is 0 Å². The number of amides is 3. The van der Waals surface area contributed by atoms with Crippen LogP contribution in [-0.4, -0.2) is 45.9 Å². The molecule has 1 saturated heterocycles. The molecule has 0 unspecified atom stereocenters. The number of hydrogen-bond acceptors (Lipinski definition) is 3. The van der Waals surface area contributed by atoms with Crippen molar-refractivity contribution in [2.45, 2.75) is 25.9 Å². The predicted octanol–water partition coefficient (Wildman–Crippen LogP) is 3.33. The van der Waals surface area contributed by atoms with Crippen LogP contribution in [0.15, 0.2) is 36.5 Å². The molecule has 8 heteroatoms. The summed E-state index contributed by atoms with van der Waals surface area (Å²) in [4.78, 5) is 32.9. The highest BCUT2D eigenvalue weighted by molar-refractivity contribution is 5.95. The maximum absolute atomic E-state index is 14.2. The summed E-state index contributed by atoms with van der Waals surface area (Å²) in [5, 5.41) is 2.54. The minimum Gasteiger partial charge on any atom is -0.333 e. The Bertz CT molecular complexity index is 1100. The molecule has 2 aromatic rings. The van der Waals surface area contributed by atoms with Crippen LogP contribution in [0.4, 0.5) is 19.3 Å². The molecule has 1 N–H and O–H groups in total. The Labute approximate surface area is 172 Å². The van der Waals surface area contributed by atoms with Crippen LogP contribution >= 0.6 is 0 Å². The Balaban J connectivity index is 1.34. The Morgan fingerprint density at radius 1 is 1.30 bits per heavy atom. The molecule has 154 valence electrons. The van der Waals surface area contributed by atoms with E-state index in [1.807, 2.05) is 19.1 Å². The first kappa shape index (κ1) is 18.7. The molecule has 1 aliphatic carbocycles. The number of rotatable bonds is 3. The maximum Gasteiger partial charge on any atom is 0.322 e. The number of benzene rings is 1. The number of aryl methyl sites for hydroxylation is 1. The van der Waals surface area contributed by atoms with Gasteiger partial charge in [-0.1, -0.05) is 12.1 Å². The van der Waals surface area contributed by atoms with E-state index in [1.54, 1.807) is 11.1 Å². The van der Waals surface area contributed by atoms with Crippen LogP contribution in [0, 0.1) is 24.5 Å². The molecule has 1 aromatic heterocycles. The van der Waals surface area contributed by atoms with Crippen molar-refractivity contribution in [3.63, 3.8) is 0 Å². The highest BCUT2D eigenvalue weighted by Crippen LogP contribution is 2.42. The lowest BCUT2D eigenvalue weighted by Crippen LogP contribution is -2.48. The second-order valence-electron chi connectivity index (χ2n) is 8.02. The Kier molecular flexibility index (Phi) is 4.30. The molecule has 2 atom stereocenters. The van der Waals surface area contributed by atoms with Crippen LogP contribution in [0.3, 0.4) is 0 Å². The molecule has 5 rings (SSSR count). The quantitative estimate of drug-likeness (QED) is 0.844. The highest BCUT2D eigenvalue weighted by Gasteiger charge is 2.43. The van der Waals surface area contributed by atoms with Gasteiger partial charge >= 0.3 is 6.03 Å². The fourth-order valence-corrected chi connectivity index (χ4v) is 4.65. The number of anilines is 1. The minimum absolute atomic E-state index is 0.0510. The van der Waals surface area contributed by atoms with E-state index in [0.717, 1.165) is 29.3 Å². The van der Waals surface area contributed by atoms with E-state index in [9.17, 15) is 18.4 Å². The van der Waals surface area contributed by atoms with E-state index in [0.29, 0.717) is 6.54 Å². The molecule has 6 nitrogen and oxygen atoms in total. The monoisotopic (exact) mass is 410 g/mol. The fourth-order valence-electron chi connectivity index (χ4n) is 4.65. The predicted molar refractivity (Wildman–Crippen MR) is 106 cm³/mol. The van der Waals surface area contributed by atoms with Crippen LogP contribution in [0.5, 0.6) is 0 Å². The second-order valence-corrected chi connectivity index (χ2v) is 8.02. The van der Waals surface area contributed by atoms with Gasteiger partial charge in [0.05, 0.1) is 24.0 Å². The molecule has 0 radical (unpaired) electrons. The lowest BCUT2D eigenvalue weighted by atomic mass is 10.0. The van der Waals surface area contributed by atoms with Crippen molar-refractivity contribution in [3.05, 3.63) is 65.0 Å². The first-order valence-corrected chi connectivity index (χ1v) is 9.88. The van der Waals surface area contributed by atoms with E-state index in [1.165, 1.54) is 11.0 Å². The van der Waals surface area contributed by atoms with Gasteiger partial charge in [-0.15, -0.1) is 0 Å². The summed E-state index contributed by atoms with van der Waals surface area (Å²) in [6, 6.07) is 5.60. The van der Waals surface area contributed by atoms with Crippen LogP contribution in [-0.2, 0) is 11.3 Å². The lowest BCUT2D eigenvalue weighted by molar-refractivity contribution is -0.132. The third-order valence-electron chi connectivity index (χ3n) is 6.11. The second kappa shape index (κ2) is 6.90. The van der Waals surface area contributed by atoms with E-state index in [2.05, 4.69) is 16.4 Å². The summed E-state index contributed by atoms with van der Waals surface area (Å²) in [5.41, 5.74) is 3.27. The van der Waals surface area contributed by atoms with Gasteiger partial charge in [0.2, 0.25) is 5.91 Å². The summed E-state index contributed by atoms with van der Waals surface area (Å²) in [5.74, 6) is -1.93. The van der Waals surface area contributed by atoms with Crippen molar-refractivity contribution in [3.8, 4) is 0 Å². The number of nitrogens with zero attached hydrogens (tertiary/aromatic N) is 3. The van der Waals surface area contributed by atoms with Crippen LogP contribution in [0.2, 0.25) is 0 Å². The van der Waals surface area contributed by atoms with Crippen LogP contribution < -0.4 is 5.32 Å². The highest BCUT2D eigenvalue weighted by atomic mass is 19.2. The van der Waals surface area contributed by atoms with Gasteiger partial charge in [-0.05, 0) is 48.6 Å². The Morgan fingerprint density at radius 2 is 2.13 bits per heavy atom. The third kappa shape index (κ3) is 2.94. The van der Waals surface area contributed by atoms with Gasteiger partial charge in [0.25, 0.3) is 0 Å². The number of halogens is 2. The average molecular weight is 410 g/mol. The number of carbonyl (C=O) groups excluding carboxylic acids is 2. The van der Waals surface area contributed by atoms with Crippen LogP contribution in [0.25, 0.3) is 5.57 Å². The van der Waals surface area contributed by atoms with E-state index in [4.69, 9.17) is 0 Å². The van der Waals surface area contributed by atoms with Crippen molar-refractivity contribution >= 4 is 23.2 Å². The molecule has 0 spiro atoms. The van der Waals surface area contributed by atoms with Gasteiger partial charge < -0.3 is 15.1 Å². The standard InChI is InChI=1S/C22H20F2N4O2/c1-12-3-2-6-25-21(12)14-7-13-8-18(14)28(9-13)19(29)11-27-10-15-17(26-22(27)30)5-4-16(23)20(15)24/h2-7,13,18H,8-11H2,1H3,(H,26,30)/t13-,18-/m1/s1.